The Morgan fingerprint density at radius 2 is 2.00 bits per heavy atom. The molecule has 0 atom stereocenters. The van der Waals surface area contributed by atoms with E-state index in [-0.39, 0.29) is 11.6 Å². The van der Waals surface area contributed by atoms with Crippen LogP contribution < -0.4 is 5.73 Å². The molecule has 1 spiro atoms. The Labute approximate surface area is 119 Å². The molecule has 0 bridgehead atoms. The Kier molecular flexibility index (Phi) is 3.76. The van der Waals surface area contributed by atoms with E-state index in [2.05, 4.69) is 17.0 Å². The second kappa shape index (κ2) is 5.54. The number of hydrogen-bond donors (Lipinski definition) is 1. The number of fused-ring (bicyclic) bond motifs is 2. The highest BCUT2D eigenvalue weighted by atomic mass is 16.6. The summed E-state index contributed by atoms with van der Waals surface area (Å²) >= 11 is 0. The van der Waals surface area contributed by atoms with Crippen LogP contribution in [0.2, 0.25) is 0 Å². The average Bonchev–Trinajstić information content (AvgIpc) is 2.47. The summed E-state index contributed by atoms with van der Waals surface area (Å²) in [5.74, 6) is -0.0842. The van der Waals surface area contributed by atoms with Gasteiger partial charge in [0.2, 0.25) is 0 Å². The number of likely N-dealkylation sites (tertiary alicyclic amines) is 1. The van der Waals surface area contributed by atoms with E-state index in [1.807, 2.05) is 12.1 Å². The van der Waals surface area contributed by atoms with Crippen molar-refractivity contribution in [3.05, 3.63) is 35.4 Å². The van der Waals surface area contributed by atoms with Gasteiger partial charge >= 0.3 is 5.97 Å². The van der Waals surface area contributed by atoms with Crippen LogP contribution in [0.15, 0.2) is 24.3 Å². The molecule has 0 saturated carbocycles. The SMILES string of the molecule is NCCCN1CCC2(CC1)OC(=O)Cc1ccccc12. The minimum absolute atomic E-state index is 0.0842. The number of nitrogens with zero attached hydrogens (tertiary/aromatic N) is 1. The Morgan fingerprint density at radius 1 is 1.25 bits per heavy atom. The molecule has 0 aliphatic carbocycles. The Balaban J connectivity index is 1.79. The maximum Gasteiger partial charge on any atom is 0.311 e. The molecule has 4 heteroatoms. The highest BCUT2D eigenvalue weighted by molar-refractivity contribution is 5.76. The minimum atomic E-state index is -0.384. The molecule has 1 aromatic rings. The van der Waals surface area contributed by atoms with Crippen molar-refractivity contribution in [3.63, 3.8) is 0 Å². The van der Waals surface area contributed by atoms with Crippen LogP contribution in [0.3, 0.4) is 0 Å². The number of esters is 1. The van der Waals surface area contributed by atoms with E-state index in [9.17, 15) is 4.79 Å². The van der Waals surface area contributed by atoms with Gasteiger partial charge in [0.05, 0.1) is 6.42 Å². The van der Waals surface area contributed by atoms with Gasteiger partial charge in [-0.2, -0.15) is 0 Å². The molecular formula is C16H22N2O2. The first-order chi connectivity index (χ1) is 9.73. The summed E-state index contributed by atoms with van der Waals surface area (Å²) in [7, 11) is 0. The molecule has 0 aromatic heterocycles. The zero-order valence-corrected chi connectivity index (χ0v) is 11.8. The van der Waals surface area contributed by atoms with Gasteiger partial charge in [-0.25, -0.2) is 0 Å². The number of nitrogens with two attached hydrogens (primary N) is 1. The number of carbonyl (C=O) groups excluding carboxylic acids is 1. The summed E-state index contributed by atoms with van der Waals surface area (Å²) in [5.41, 5.74) is 7.54. The predicted molar refractivity (Wildman–Crippen MR) is 77.3 cm³/mol. The van der Waals surface area contributed by atoms with Crippen LogP contribution in [0.1, 0.15) is 30.4 Å². The number of rotatable bonds is 3. The molecule has 0 radical (unpaired) electrons. The van der Waals surface area contributed by atoms with E-state index >= 15 is 0 Å². The highest BCUT2D eigenvalue weighted by Crippen LogP contribution is 2.41. The fourth-order valence-electron chi connectivity index (χ4n) is 3.41. The zero-order chi connectivity index (χ0) is 14.0. The summed E-state index contributed by atoms with van der Waals surface area (Å²) in [4.78, 5) is 14.3. The third-order valence-corrected chi connectivity index (χ3v) is 4.49. The second-order valence-corrected chi connectivity index (χ2v) is 5.79. The topological polar surface area (TPSA) is 55.6 Å². The Hall–Kier alpha value is -1.39. The highest BCUT2D eigenvalue weighted by Gasteiger charge is 2.43. The molecule has 1 fully saturated rings. The standard InChI is InChI=1S/C16H22N2O2/c17-8-3-9-18-10-6-16(7-11-18)14-5-2-1-4-13(14)12-15(19)20-16/h1-2,4-5H,3,6-12,17H2. The summed E-state index contributed by atoms with van der Waals surface area (Å²) in [5, 5.41) is 0. The lowest BCUT2D eigenvalue weighted by molar-refractivity contribution is -0.169. The number of hydrogen-bond acceptors (Lipinski definition) is 4. The molecule has 2 heterocycles. The Bertz CT molecular complexity index is 493. The van der Waals surface area contributed by atoms with Crippen LogP contribution in [-0.2, 0) is 21.6 Å². The van der Waals surface area contributed by atoms with E-state index in [4.69, 9.17) is 10.5 Å². The molecular weight excluding hydrogens is 252 g/mol. The Morgan fingerprint density at radius 3 is 2.75 bits per heavy atom. The van der Waals surface area contributed by atoms with Gasteiger partial charge in [0.25, 0.3) is 0 Å². The van der Waals surface area contributed by atoms with Crippen LogP contribution in [0, 0.1) is 0 Å². The third kappa shape index (κ3) is 2.45. The van der Waals surface area contributed by atoms with Crippen molar-refractivity contribution in [2.75, 3.05) is 26.2 Å². The first-order valence-electron chi connectivity index (χ1n) is 7.46. The van der Waals surface area contributed by atoms with Crippen molar-refractivity contribution in [2.45, 2.75) is 31.3 Å². The maximum atomic E-state index is 11.9. The largest absolute Gasteiger partial charge is 0.454 e. The molecule has 2 aliphatic heterocycles. The number of carbonyl (C=O) groups is 1. The van der Waals surface area contributed by atoms with Crippen LogP contribution in [-0.4, -0.2) is 37.0 Å². The smallest absolute Gasteiger partial charge is 0.311 e. The molecule has 3 rings (SSSR count). The van der Waals surface area contributed by atoms with Gasteiger partial charge in [0.1, 0.15) is 5.60 Å². The van der Waals surface area contributed by atoms with Crippen LogP contribution in [0.25, 0.3) is 0 Å². The third-order valence-electron chi connectivity index (χ3n) is 4.49. The first kappa shape index (κ1) is 13.6. The van der Waals surface area contributed by atoms with Gasteiger partial charge in [-0.1, -0.05) is 24.3 Å². The lowest BCUT2D eigenvalue weighted by Gasteiger charge is -2.44. The molecule has 2 N–H and O–H groups in total. The summed E-state index contributed by atoms with van der Waals surface area (Å²) in [6.07, 6.45) is 3.22. The van der Waals surface area contributed by atoms with Crippen molar-refractivity contribution in [1.29, 1.82) is 0 Å². The molecule has 0 unspecified atom stereocenters. The van der Waals surface area contributed by atoms with Crippen molar-refractivity contribution in [1.82, 2.24) is 4.90 Å². The quantitative estimate of drug-likeness (QED) is 0.847. The fraction of sp³-hybridized carbons (Fsp3) is 0.562. The van der Waals surface area contributed by atoms with Crippen LogP contribution in [0.4, 0.5) is 0 Å². The lowest BCUT2D eigenvalue weighted by atomic mass is 9.79. The van der Waals surface area contributed by atoms with E-state index in [1.165, 1.54) is 5.56 Å². The van der Waals surface area contributed by atoms with E-state index < -0.39 is 0 Å². The number of piperidine rings is 1. The molecule has 2 aliphatic rings. The van der Waals surface area contributed by atoms with Gasteiger partial charge < -0.3 is 15.4 Å². The second-order valence-electron chi connectivity index (χ2n) is 5.79. The zero-order valence-electron chi connectivity index (χ0n) is 11.8. The number of benzene rings is 1. The van der Waals surface area contributed by atoms with Gasteiger partial charge in [0.15, 0.2) is 0 Å². The number of ether oxygens (including phenoxy) is 1. The molecule has 20 heavy (non-hydrogen) atoms. The van der Waals surface area contributed by atoms with E-state index in [0.29, 0.717) is 6.42 Å². The lowest BCUT2D eigenvalue weighted by Crippen LogP contribution is -2.48. The van der Waals surface area contributed by atoms with Gasteiger partial charge in [-0.05, 0) is 30.6 Å². The van der Waals surface area contributed by atoms with Gasteiger partial charge in [-0.15, -0.1) is 0 Å². The summed E-state index contributed by atoms with van der Waals surface area (Å²) in [6, 6.07) is 8.22. The van der Waals surface area contributed by atoms with Gasteiger partial charge in [0, 0.05) is 25.9 Å². The predicted octanol–water partition coefficient (Wildman–Crippen LogP) is 1.43. The summed E-state index contributed by atoms with van der Waals surface area (Å²) < 4.78 is 5.80. The van der Waals surface area contributed by atoms with Crippen LogP contribution in [0.5, 0.6) is 0 Å². The van der Waals surface area contributed by atoms with Gasteiger partial charge in [-0.3, -0.25) is 4.79 Å². The normalized spacial score (nSPS) is 21.6. The van der Waals surface area contributed by atoms with Crippen molar-refractivity contribution >= 4 is 5.97 Å². The van der Waals surface area contributed by atoms with Crippen molar-refractivity contribution < 1.29 is 9.53 Å². The molecule has 1 aromatic carbocycles. The summed E-state index contributed by atoms with van der Waals surface area (Å²) in [6.45, 7) is 3.73. The monoisotopic (exact) mass is 274 g/mol. The first-order valence-corrected chi connectivity index (χ1v) is 7.46. The van der Waals surface area contributed by atoms with Crippen LogP contribution >= 0.6 is 0 Å². The molecule has 108 valence electrons. The average molecular weight is 274 g/mol. The fourth-order valence-corrected chi connectivity index (χ4v) is 3.41. The van der Waals surface area contributed by atoms with Crippen molar-refractivity contribution in [2.24, 2.45) is 5.73 Å². The maximum absolute atomic E-state index is 11.9. The molecule has 1 saturated heterocycles. The minimum Gasteiger partial charge on any atom is -0.454 e. The molecule has 0 amide bonds. The van der Waals surface area contributed by atoms with Crippen molar-refractivity contribution in [3.8, 4) is 0 Å². The molecule has 4 nitrogen and oxygen atoms in total. The van der Waals surface area contributed by atoms with E-state index in [1.54, 1.807) is 0 Å². The van der Waals surface area contributed by atoms with E-state index in [0.717, 1.165) is 51.0 Å².